The van der Waals surface area contributed by atoms with Crippen molar-refractivity contribution >= 4 is 22.6 Å². The Morgan fingerprint density at radius 3 is 2.55 bits per heavy atom. The Morgan fingerprint density at radius 2 is 2.09 bits per heavy atom. The molecule has 0 amide bonds. The van der Waals surface area contributed by atoms with Crippen LogP contribution in [-0.2, 0) is 0 Å². The summed E-state index contributed by atoms with van der Waals surface area (Å²) in [6.45, 7) is 6.97. The highest BCUT2D eigenvalue weighted by molar-refractivity contribution is 14.1. The van der Waals surface area contributed by atoms with Gasteiger partial charge in [-0.05, 0) is 56.8 Å². The van der Waals surface area contributed by atoms with Gasteiger partial charge in [-0.1, -0.05) is 26.8 Å². The Morgan fingerprint density at radius 1 is 1.45 bits per heavy atom. The zero-order valence-corrected chi connectivity index (χ0v) is 9.76. The predicted molar refractivity (Wildman–Crippen MR) is 58.8 cm³/mol. The maximum absolute atomic E-state index is 2.51. The first-order valence-electron chi connectivity index (χ1n) is 4.48. The van der Waals surface area contributed by atoms with Gasteiger partial charge in [0, 0.05) is 0 Å². The van der Waals surface area contributed by atoms with Crippen LogP contribution < -0.4 is 0 Å². The van der Waals surface area contributed by atoms with Crippen LogP contribution >= 0.6 is 22.6 Å². The van der Waals surface area contributed by atoms with Crippen LogP contribution in [0.2, 0.25) is 0 Å². The summed E-state index contributed by atoms with van der Waals surface area (Å²) in [4.78, 5) is 0. The molecule has 2 atom stereocenters. The van der Waals surface area contributed by atoms with Crippen molar-refractivity contribution < 1.29 is 0 Å². The van der Waals surface area contributed by atoms with Crippen LogP contribution in [0.25, 0.3) is 0 Å². The lowest BCUT2D eigenvalue weighted by Gasteiger charge is -2.26. The summed E-state index contributed by atoms with van der Waals surface area (Å²) < 4.78 is 1.59. The summed E-state index contributed by atoms with van der Waals surface area (Å²) in [5.41, 5.74) is 0. The van der Waals surface area contributed by atoms with Crippen molar-refractivity contribution in [3.8, 4) is 0 Å². The Hall–Kier alpha value is 0.470. The standard InChI is InChI=1S/C10H17I/c1-7(2)9-5-4-8(3)6-10(9)11/h6-9H,4-5H2,1-3H3/t8-,9+/m1/s1. The van der Waals surface area contributed by atoms with Crippen LogP contribution in [0.15, 0.2) is 9.66 Å². The van der Waals surface area contributed by atoms with Crippen LogP contribution in [0.3, 0.4) is 0 Å². The van der Waals surface area contributed by atoms with E-state index >= 15 is 0 Å². The van der Waals surface area contributed by atoms with Crippen molar-refractivity contribution in [1.82, 2.24) is 0 Å². The van der Waals surface area contributed by atoms with Crippen molar-refractivity contribution in [2.24, 2.45) is 17.8 Å². The van der Waals surface area contributed by atoms with E-state index in [9.17, 15) is 0 Å². The molecule has 1 aliphatic carbocycles. The van der Waals surface area contributed by atoms with Crippen LogP contribution in [0.5, 0.6) is 0 Å². The molecule has 1 heteroatoms. The largest absolute Gasteiger partial charge is 0.0721 e. The molecular formula is C10H17I. The molecule has 1 rings (SSSR count). The van der Waals surface area contributed by atoms with E-state index in [1.165, 1.54) is 12.8 Å². The molecule has 64 valence electrons. The summed E-state index contributed by atoms with van der Waals surface area (Å²) in [5.74, 6) is 2.49. The summed E-state index contributed by atoms with van der Waals surface area (Å²) in [6, 6.07) is 0. The molecule has 0 aromatic carbocycles. The highest BCUT2D eigenvalue weighted by atomic mass is 127. The fraction of sp³-hybridized carbons (Fsp3) is 0.800. The predicted octanol–water partition coefficient (Wildman–Crippen LogP) is 4.01. The minimum absolute atomic E-state index is 0.817. The molecule has 11 heavy (non-hydrogen) atoms. The monoisotopic (exact) mass is 264 g/mol. The van der Waals surface area contributed by atoms with E-state index in [0.717, 1.165) is 17.8 Å². The smallest absolute Gasteiger partial charge is 0.00836 e. The van der Waals surface area contributed by atoms with Gasteiger partial charge in [-0.25, -0.2) is 0 Å². The maximum atomic E-state index is 2.51. The van der Waals surface area contributed by atoms with E-state index in [-0.39, 0.29) is 0 Å². The van der Waals surface area contributed by atoms with Gasteiger partial charge < -0.3 is 0 Å². The third kappa shape index (κ3) is 2.46. The fourth-order valence-corrected chi connectivity index (χ4v) is 3.36. The molecule has 0 N–H and O–H groups in total. The van der Waals surface area contributed by atoms with Crippen molar-refractivity contribution in [3.63, 3.8) is 0 Å². The lowest BCUT2D eigenvalue weighted by Crippen LogP contribution is -2.14. The molecule has 0 radical (unpaired) electrons. The van der Waals surface area contributed by atoms with Crippen molar-refractivity contribution in [1.29, 1.82) is 0 Å². The molecule has 0 fully saturated rings. The van der Waals surface area contributed by atoms with Gasteiger partial charge in [0.05, 0.1) is 0 Å². The topological polar surface area (TPSA) is 0 Å². The molecule has 0 aliphatic heterocycles. The van der Waals surface area contributed by atoms with Gasteiger partial charge in [-0.15, -0.1) is 0 Å². The van der Waals surface area contributed by atoms with Gasteiger partial charge in [-0.2, -0.15) is 0 Å². The summed E-state index contributed by atoms with van der Waals surface area (Å²) in [6.07, 6.45) is 5.22. The molecule has 0 heterocycles. The number of hydrogen-bond donors (Lipinski definition) is 0. The average molecular weight is 264 g/mol. The number of hydrogen-bond acceptors (Lipinski definition) is 0. The molecule has 0 spiro atoms. The Bertz CT molecular complexity index is 158. The molecule has 1 aliphatic rings. The third-order valence-electron chi connectivity index (χ3n) is 2.54. The van der Waals surface area contributed by atoms with Gasteiger partial charge in [0.2, 0.25) is 0 Å². The van der Waals surface area contributed by atoms with Gasteiger partial charge in [0.1, 0.15) is 0 Å². The minimum Gasteiger partial charge on any atom is -0.0721 e. The Balaban J connectivity index is 2.64. The molecule has 0 saturated carbocycles. The van der Waals surface area contributed by atoms with Crippen LogP contribution in [0, 0.1) is 17.8 Å². The van der Waals surface area contributed by atoms with Gasteiger partial charge in [-0.3, -0.25) is 0 Å². The second-order valence-electron chi connectivity index (χ2n) is 3.96. The summed E-state index contributed by atoms with van der Waals surface area (Å²) >= 11 is 2.51. The van der Waals surface area contributed by atoms with E-state index in [2.05, 4.69) is 49.4 Å². The first-order valence-corrected chi connectivity index (χ1v) is 5.56. The molecular weight excluding hydrogens is 247 g/mol. The Kier molecular flexibility index (Phi) is 3.41. The van der Waals surface area contributed by atoms with Crippen molar-refractivity contribution in [2.45, 2.75) is 33.6 Å². The van der Waals surface area contributed by atoms with E-state index in [4.69, 9.17) is 0 Å². The number of rotatable bonds is 1. The first kappa shape index (κ1) is 9.56. The molecule has 0 unspecified atom stereocenters. The zero-order chi connectivity index (χ0) is 8.43. The SMILES string of the molecule is CC(C)[C@@H]1CC[C@@H](C)C=C1I. The fourth-order valence-electron chi connectivity index (χ4n) is 1.71. The molecule has 0 aromatic heterocycles. The van der Waals surface area contributed by atoms with Crippen LogP contribution in [-0.4, -0.2) is 0 Å². The van der Waals surface area contributed by atoms with E-state index < -0.39 is 0 Å². The van der Waals surface area contributed by atoms with Crippen LogP contribution in [0.4, 0.5) is 0 Å². The Labute approximate surface area is 83.6 Å². The van der Waals surface area contributed by atoms with Crippen molar-refractivity contribution in [3.05, 3.63) is 9.66 Å². The molecule has 0 saturated heterocycles. The second kappa shape index (κ2) is 3.92. The molecule has 0 bridgehead atoms. The zero-order valence-electron chi connectivity index (χ0n) is 7.60. The van der Waals surface area contributed by atoms with E-state index in [1.807, 2.05) is 0 Å². The van der Waals surface area contributed by atoms with Gasteiger partial charge in [0.15, 0.2) is 0 Å². The first-order chi connectivity index (χ1) is 5.11. The van der Waals surface area contributed by atoms with Gasteiger partial charge >= 0.3 is 0 Å². The number of halogens is 1. The third-order valence-corrected chi connectivity index (χ3v) is 3.70. The highest BCUT2D eigenvalue weighted by Gasteiger charge is 2.21. The van der Waals surface area contributed by atoms with Crippen LogP contribution in [0.1, 0.15) is 33.6 Å². The minimum atomic E-state index is 0.817. The molecule has 0 aromatic rings. The normalized spacial score (nSPS) is 32.3. The summed E-state index contributed by atoms with van der Waals surface area (Å²) in [5, 5.41) is 0. The highest BCUT2D eigenvalue weighted by Crippen LogP contribution is 2.36. The van der Waals surface area contributed by atoms with E-state index in [0.29, 0.717) is 0 Å². The van der Waals surface area contributed by atoms with Crippen molar-refractivity contribution in [2.75, 3.05) is 0 Å². The lowest BCUT2D eigenvalue weighted by atomic mass is 9.83. The van der Waals surface area contributed by atoms with Gasteiger partial charge in [0.25, 0.3) is 0 Å². The quantitative estimate of drug-likeness (QED) is 0.628. The van der Waals surface area contributed by atoms with E-state index in [1.54, 1.807) is 3.58 Å². The average Bonchev–Trinajstić information content (AvgIpc) is 1.85. The number of allylic oxidation sites excluding steroid dienone is 2. The maximum Gasteiger partial charge on any atom is -0.00836 e. The second-order valence-corrected chi connectivity index (χ2v) is 5.20. The molecule has 0 nitrogen and oxygen atoms in total. The summed E-state index contributed by atoms with van der Waals surface area (Å²) in [7, 11) is 0. The lowest BCUT2D eigenvalue weighted by molar-refractivity contribution is 0.380.